The predicted molar refractivity (Wildman–Crippen MR) is 92.1 cm³/mol. The third-order valence-electron chi connectivity index (χ3n) is 3.79. The van der Waals surface area contributed by atoms with Gasteiger partial charge in [-0.3, -0.25) is 4.79 Å². The van der Waals surface area contributed by atoms with Crippen molar-refractivity contribution >= 4 is 17.2 Å². The first kappa shape index (κ1) is 17.9. The minimum atomic E-state index is 0. The lowest BCUT2D eigenvalue weighted by atomic mass is 10.1. The number of imidazole rings is 1. The molecule has 0 saturated carbocycles. The van der Waals surface area contributed by atoms with Crippen LogP contribution >= 0.6 is 0 Å². The molecule has 0 spiro atoms. The quantitative estimate of drug-likeness (QED) is 0.502. The molecule has 1 aromatic carbocycles. The van der Waals surface area contributed by atoms with E-state index in [-0.39, 0.29) is 22.9 Å². The number of nitrogens with one attached hydrogen (secondary N) is 1. The van der Waals surface area contributed by atoms with Gasteiger partial charge in [0.15, 0.2) is 5.69 Å². The minimum absolute atomic E-state index is 0. The number of aromatic nitrogens is 2. The molecule has 1 amide bonds. The molecule has 0 atom stereocenters. The maximum atomic E-state index is 11.5. The third kappa shape index (κ3) is 3.57. The molecule has 24 heavy (non-hydrogen) atoms. The van der Waals surface area contributed by atoms with Crippen molar-refractivity contribution in [3.63, 3.8) is 0 Å². The number of halogens is 1. The van der Waals surface area contributed by atoms with Crippen molar-refractivity contribution in [2.75, 3.05) is 5.32 Å². The lowest BCUT2D eigenvalue weighted by Gasteiger charge is -2.05. The molecule has 0 unspecified atom stereocenters. The van der Waals surface area contributed by atoms with E-state index >= 15 is 0 Å². The van der Waals surface area contributed by atoms with Gasteiger partial charge in [-0.05, 0) is 30.3 Å². The smallest absolute Gasteiger partial charge is 0.286 e. The van der Waals surface area contributed by atoms with Crippen LogP contribution in [0.1, 0.15) is 13.3 Å². The van der Waals surface area contributed by atoms with E-state index in [9.17, 15) is 4.79 Å². The lowest BCUT2D eigenvalue weighted by molar-refractivity contribution is -0.510. The third-order valence-corrected chi connectivity index (χ3v) is 3.79. The van der Waals surface area contributed by atoms with Crippen LogP contribution in [0, 0.1) is 0 Å². The van der Waals surface area contributed by atoms with E-state index in [2.05, 4.69) is 33.1 Å². The van der Waals surface area contributed by atoms with Gasteiger partial charge in [-0.25, -0.2) is 8.97 Å². The summed E-state index contributed by atoms with van der Waals surface area (Å²) in [6.07, 6.45) is 6.52. The number of anilines is 1. The number of allylic oxidation sites excluding steroid dienone is 1. The highest BCUT2D eigenvalue weighted by atomic mass is 79.9. The monoisotopic (exact) mass is 385 g/mol. The van der Waals surface area contributed by atoms with E-state index < -0.39 is 0 Å². The zero-order chi connectivity index (χ0) is 16.2. The Kier molecular flexibility index (Phi) is 5.93. The van der Waals surface area contributed by atoms with Crippen LogP contribution in [-0.4, -0.2) is 10.5 Å². The maximum Gasteiger partial charge on any atom is 0.286 e. The predicted octanol–water partition coefficient (Wildman–Crippen LogP) is 0.432. The first-order chi connectivity index (χ1) is 11.2. The summed E-state index contributed by atoms with van der Waals surface area (Å²) < 4.78 is 4.32. The average molecular weight is 386 g/mol. The molecule has 0 bridgehead atoms. The van der Waals surface area contributed by atoms with Gasteiger partial charge in [0.25, 0.3) is 5.65 Å². The van der Waals surface area contributed by atoms with Gasteiger partial charge >= 0.3 is 0 Å². The molecule has 4 nitrogen and oxygen atoms in total. The number of fused-ring (bicyclic) bond motifs is 1. The largest absolute Gasteiger partial charge is 1.00 e. The first-order valence-electron chi connectivity index (χ1n) is 7.73. The van der Waals surface area contributed by atoms with Crippen LogP contribution in [0.5, 0.6) is 0 Å². The van der Waals surface area contributed by atoms with Crippen molar-refractivity contribution in [1.29, 1.82) is 0 Å². The second-order valence-corrected chi connectivity index (χ2v) is 5.36. The summed E-state index contributed by atoms with van der Waals surface area (Å²) in [6.45, 7) is 6.44. The molecule has 2 aromatic heterocycles. The average Bonchev–Trinajstić information content (AvgIpc) is 2.95. The number of carbonyl (C=O) groups excluding carboxylic acids is 1. The Morgan fingerprint density at radius 2 is 2.00 bits per heavy atom. The highest BCUT2D eigenvalue weighted by Crippen LogP contribution is 2.23. The normalized spacial score (nSPS) is 10.2. The van der Waals surface area contributed by atoms with E-state index in [1.807, 2.05) is 55.6 Å². The number of carbonyl (C=O) groups is 1. The molecule has 0 radical (unpaired) electrons. The van der Waals surface area contributed by atoms with Crippen LogP contribution in [-0.2, 0) is 11.3 Å². The molecule has 5 heteroatoms. The molecular weight excluding hydrogens is 366 g/mol. The van der Waals surface area contributed by atoms with Crippen molar-refractivity contribution in [2.24, 2.45) is 0 Å². The SMILES string of the molecule is C=CCn1c(-c2ccc(NC(=O)CC)cc2)c[n+]2ccccc12.[Br-]. The van der Waals surface area contributed by atoms with Crippen LogP contribution in [0.4, 0.5) is 5.69 Å². The van der Waals surface area contributed by atoms with E-state index in [0.717, 1.165) is 29.1 Å². The number of benzene rings is 1. The Balaban J connectivity index is 0.00000208. The molecule has 0 saturated heterocycles. The second kappa shape index (κ2) is 7.93. The molecule has 0 aliphatic heterocycles. The highest BCUT2D eigenvalue weighted by molar-refractivity contribution is 5.90. The fourth-order valence-corrected chi connectivity index (χ4v) is 2.63. The van der Waals surface area contributed by atoms with Gasteiger partial charge in [0.2, 0.25) is 5.91 Å². The summed E-state index contributed by atoms with van der Waals surface area (Å²) in [6, 6.07) is 14.1. The highest BCUT2D eigenvalue weighted by Gasteiger charge is 2.17. The van der Waals surface area contributed by atoms with Crippen LogP contribution in [0.15, 0.2) is 67.5 Å². The molecule has 0 fully saturated rings. The van der Waals surface area contributed by atoms with Crippen molar-refractivity contribution in [1.82, 2.24) is 4.57 Å². The summed E-state index contributed by atoms with van der Waals surface area (Å²) in [7, 11) is 0. The molecule has 3 aromatic rings. The van der Waals surface area contributed by atoms with E-state index in [1.54, 1.807) is 0 Å². The minimum Gasteiger partial charge on any atom is -1.00 e. The Morgan fingerprint density at radius 1 is 1.25 bits per heavy atom. The van der Waals surface area contributed by atoms with Crippen LogP contribution < -0.4 is 26.7 Å². The molecule has 124 valence electrons. The van der Waals surface area contributed by atoms with Crippen molar-refractivity contribution < 1.29 is 26.2 Å². The summed E-state index contributed by atoms with van der Waals surface area (Å²) >= 11 is 0. The molecule has 2 heterocycles. The Labute approximate surface area is 152 Å². The van der Waals surface area contributed by atoms with E-state index in [0.29, 0.717) is 6.42 Å². The molecule has 0 aliphatic rings. The fourth-order valence-electron chi connectivity index (χ4n) is 2.63. The molecule has 1 N–H and O–H groups in total. The number of pyridine rings is 1. The summed E-state index contributed by atoms with van der Waals surface area (Å²) in [5.41, 5.74) is 4.15. The van der Waals surface area contributed by atoms with E-state index in [1.165, 1.54) is 0 Å². The van der Waals surface area contributed by atoms with E-state index in [4.69, 9.17) is 0 Å². The summed E-state index contributed by atoms with van der Waals surface area (Å²) in [4.78, 5) is 11.5. The van der Waals surface area contributed by atoms with Gasteiger partial charge in [0, 0.05) is 23.7 Å². The number of hydrogen-bond donors (Lipinski definition) is 1. The van der Waals surface area contributed by atoms with Crippen molar-refractivity contribution in [2.45, 2.75) is 19.9 Å². The topological polar surface area (TPSA) is 38.1 Å². The van der Waals surface area contributed by atoms with Gasteiger partial charge in [-0.15, -0.1) is 0 Å². The Hall–Kier alpha value is -2.40. The summed E-state index contributed by atoms with van der Waals surface area (Å²) in [5, 5.41) is 2.87. The standard InChI is InChI=1S/C19H19N3O.BrH/c1-3-12-22-17(14-21-13-6-5-7-19(21)22)15-8-10-16(11-9-15)20-18(23)4-2;/h3,5-11,13-14H,1,4,12H2,2H3;1H. The van der Waals surface area contributed by atoms with Gasteiger partial charge in [0.1, 0.15) is 12.7 Å². The fraction of sp³-hybridized carbons (Fsp3) is 0.158. The second-order valence-electron chi connectivity index (χ2n) is 5.36. The molecule has 3 rings (SSSR count). The summed E-state index contributed by atoms with van der Waals surface area (Å²) in [5.74, 6) is 0.0223. The van der Waals surface area contributed by atoms with Gasteiger partial charge in [-0.2, -0.15) is 0 Å². The molecule has 0 aliphatic carbocycles. The van der Waals surface area contributed by atoms with Crippen molar-refractivity contribution in [3.8, 4) is 11.3 Å². The van der Waals surface area contributed by atoms with Crippen LogP contribution in [0.3, 0.4) is 0 Å². The number of amides is 1. The van der Waals surface area contributed by atoms with Crippen molar-refractivity contribution in [3.05, 3.63) is 67.5 Å². The number of nitrogens with zero attached hydrogens (tertiary/aromatic N) is 2. The van der Waals surface area contributed by atoms with Gasteiger partial charge in [0.05, 0.1) is 6.20 Å². The Bertz CT molecular complexity index is 853. The zero-order valence-corrected chi connectivity index (χ0v) is 15.2. The maximum absolute atomic E-state index is 11.5. The lowest BCUT2D eigenvalue weighted by Crippen LogP contribution is -3.00. The Morgan fingerprint density at radius 3 is 2.67 bits per heavy atom. The number of hydrogen-bond acceptors (Lipinski definition) is 1. The van der Waals surface area contributed by atoms with Gasteiger partial charge in [-0.1, -0.05) is 25.6 Å². The van der Waals surface area contributed by atoms with Gasteiger partial charge < -0.3 is 22.3 Å². The number of rotatable bonds is 5. The van der Waals surface area contributed by atoms with Crippen LogP contribution in [0.25, 0.3) is 16.9 Å². The van der Waals surface area contributed by atoms with Crippen LogP contribution in [0.2, 0.25) is 0 Å². The zero-order valence-electron chi connectivity index (χ0n) is 13.6. The first-order valence-corrected chi connectivity index (χ1v) is 7.73. The molecular formula is C19H20BrN3O.